The molecule has 0 spiro atoms. The van der Waals surface area contributed by atoms with Crippen LogP contribution in [0.15, 0.2) is 12.3 Å². The van der Waals surface area contributed by atoms with Gasteiger partial charge in [-0.25, -0.2) is 0 Å². The van der Waals surface area contributed by atoms with E-state index in [0.29, 0.717) is 6.61 Å². The molecule has 0 aliphatic carbocycles. The van der Waals surface area contributed by atoms with Crippen molar-refractivity contribution in [1.82, 2.24) is 0 Å². The molecule has 3 nitrogen and oxygen atoms in total. The molecule has 0 N–H and O–H groups in total. The Hall–Kier alpha value is -0.990. The lowest BCUT2D eigenvalue weighted by atomic mass is 10.0. The summed E-state index contributed by atoms with van der Waals surface area (Å²) in [7, 11) is 0. The second kappa shape index (κ2) is 3.42. The molecule has 11 heavy (non-hydrogen) atoms. The molecule has 1 aliphatic rings. The Morgan fingerprint density at radius 1 is 1.73 bits per heavy atom. The third kappa shape index (κ3) is 2.26. The number of hydrogen-bond donors (Lipinski definition) is 0. The number of esters is 1. The SMILES string of the molecule is CC(=O)OC1COC=CC1C. The lowest BCUT2D eigenvalue weighted by molar-refractivity contribution is -0.151. The topological polar surface area (TPSA) is 35.5 Å². The van der Waals surface area contributed by atoms with Crippen LogP contribution < -0.4 is 0 Å². The maximum Gasteiger partial charge on any atom is 0.303 e. The van der Waals surface area contributed by atoms with Crippen LogP contribution in [0.5, 0.6) is 0 Å². The molecule has 1 aliphatic heterocycles. The molecule has 0 saturated carbocycles. The third-order valence-electron chi connectivity index (χ3n) is 1.64. The Kier molecular flexibility index (Phi) is 2.52. The Morgan fingerprint density at radius 3 is 3.00 bits per heavy atom. The highest BCUT2D eigenvalue weighted by atomic mass is 16.6. The van der Waals surface area contributed by atoms with Crippen LogP contribution in [0.3, 0.4) is 0 Å². The molecule has 0 amide bonds. The summed E-state index contributed by atoms with van der Waals surface area (Å²) >= 11 is 0. The second-order valence-corrected chi connectivity index (χ2v) is 2.67. The third-order valence-corrected chi connectivity index (χ3v) is 1.64. The number of ether oxygens (including phenoxy) is 2. The zero-order valence-corrected chi connectivity index (χ0v) is 6.74. The maximum absolute atomic E-state index is 10.6. The molecule has 2 unspecified atom stereocenters. The number of carbonyl (C=O) groups excluding carboxylic acids is 1. The summed E-state index contributed by atoms with van der Waals surface area (Å²) in [4.78, 5) is 10.6. The van der Waals surface area contributed by atoms with Gasteiger partial charge in [0.05, 0.1) is 6.26 Å². The molecule has 0 aromatic carbocycles. The van der Waals surface area contributed by atoms with Crippen molar-refractivity contribution in [3.05, 3.63) is 12.3 Å². The van der Waals surface area contributed by atoms with Gasteiger partial charge in [-0.1, -0.05) is 6.92 Å². The van der Waals surface area contributed by atoms with Crippen molar-refractivity contribution in [2.24, 2.45) is 5.92 Å². The van der Waals surface area contributed by atoms with E-state index in [0.717, 1.165) is 0 Å². The van der Waals surface area contributed by atoms with E-state index in [1.54, 1.807) is 6.26 Å². The molecule has 0 bridgehead atoms. The van der Waals surface area contributed by atoms with Crippen molar-refractivity contribution in [2.45, 2.75) is 20.0 Å². The summed E-state index contributed by atoms with van der Waals surface area (Å²) < 4.78 is 9.98. The van der Waals surface area contributed by atoms with E-state index in [2.05, 4.69) is 0 Å². The maximum atomic E-state index is 10.6. The number of rotatable bonds is 1. The van der Waals surface area contributed by atoms with Gasteiger partial charge in [0.1, 0.15) is 12.7 Å². The van der Waals surface area contributed by atoms with Crippen LogP contribution in [0.2, 0.25) is 0 Å². The van der Waals surface area contributed by atoms with Gasteiger partial charge in [-0.2, -0.15) is 0 Å². The smallest absolute Gasteiger partial charge is 0.303 e. The van der Waals surface area contributed by atoms with Crippen molar-refractivity contribution >= 4 is 5.97 Å². The van der Waals surface area contributed by atoms with E-state index in [1.807, 2.05) is 13.0 Å². The Balaban J connectivity index is 2.45. The zero-order valence-electron chi connectivity index (χ0n) is 6.74. The first-order chi connectivity index (χ1) is 5.20. The number of hydrogen-bond acceptors (Lipinski definition) is 3. The fraction of sp³-hybridized carbons (Fsp3) is 0.625. The molecule has 0 fully saturated rings. The predicted octanol–water partition coefficient (Wildman–Crippen LogP) is 1.10. The Morgan fingerprint density at radius 2 is 2.45 bits per heavy atom. The molecule has 2 atom stereocenters. The largest absolute Gasteiger partial charge is 0.498 e. The highest BCUT2D eigenvalue weighted by Crippen LogP contribution is 2.14. The van der Waals surface area contributed by atoms with E-state index in [1.165, 1.54) is 6.92 Å². The van der Waals surface area contributed by atoms with Gasteiger partial charge in [0.25, 0.3) is 0 Å². The standard InChI is InChI=1S/C8H12O3/c1-6-3-4-10-5-8(6)11-7(2)9/h3-4,6,8H,5H2,1-2H3. The molecule has 0 radical (unpaired) electrons. The highest BCUT2D eigenvalue weighted by Gasteiger charge is 2.21. The van der Waals surface area contributed by atoms with Gasteiger partial charge >= 0.3 is 5.97 Å². The molecular weight excluding hydrogens is 144 g/mol. The van der Waals surface area contributed by atoms with Crippen molar-refractivity contribution in [1.29, 1.82) is 0 Å². The van der Waals surface area contributed by atoms with Crippen LogP contribution >= 0.6 is 0 Å². The lowest BCUT2D eigenvalue weighted by Crippen LogP contribution is -2.29. The van der Waals surface area contributed by atoms with Crippen LogP contribution in [0, 0.1) is 5.92 Å². The number of carbonyl (C=O) groups is 1. The minimum Gasteiger partial charge on any atom is -0.498 e. The van der Waals surface area contributed by atoms with E-state index >= 15 is 0 Å². The highest BCUT2D eigenvalue weighted by molar-refractivity contribution is 5.66. The van der Waals surface area contributed by atoms with Gasteiger partial charge in [0.15, 0.2) is 0 Å². The van der Waals surface area contributed by atoms with E-state index in [9.17, 15) is 4.79 Å². The van der Waals surface area contributed by atoms with Gasteiger partial charge in [-0.15, -0.1) is 0 Å². The Labute approximate surface area is 66.0 Å². The summed E-state index contributed by atoms with van der Waals surface area (Å²) in [5.74, 6) is 0.00778. The molecular formula is C8H12O3. The summed E-state index contributed by atoms with van der Waals surface area (Å²) in [5, 5.41) is 0. The zero-order chi connectivity index (χ0) is 8.27. The normalized spacial score (nSPS) is 29.3. The molecule has 1 rings (SSSR count). The van der Waals surface area contributed by atoms with Crippen LogP contribution in [0.1, 0.15) is 13.8 Å². The molecule has 1 heterocycles. The minimum absolute atomic E-state index is 0.113. The summed E-state index contributed by atoms with van der Waals surface area (Å²) in [6.07, 6.45) is 3.42. The van der Waals surface area contributed by atoms with Crippen molar-refractivity contribution in [3.63, 3.8) is 0 Å². The van der Waals surface area contributed by atoms with Crippen molar-refractivity contribution in [3.8, 4) is 0 Å². The van der Waals surface area contributed by atoms with E-state index in [4.69, 9.17) is 9.47 Å². The minimum atomic E-state index is -0.249. The van der Waals surface area contributed by atoms with Gasteiger partial charge < -0.3 is 9.47 Å². The lowest BCUT2D eigenvalue weighted by Gasteiger charge is -2.23. The predicted molar refractivity (Wildman–Crippen MR) is 39.8 cm³/mol. The monoisotopic (exact) mass is 156 g/mol. The average molecular weight is 156 g/mol. The van der Waals surface area contributed by atoms with Crippen LogP contribution in [-0.2, 0) is 14.3 Å². The molecule has 62 valence electrons. The first-order valence-corrected chi connectivity index (χ1v) is 3.65. The molecule has 0 aromatic heterocycles. The summed E-state index contributed by atoms with van der Waals surface area (Å²) in [6, 6.07) is 0. The summed E-state index contributed by atoms with van der Waals surface area (Å²) in [6.45, 7) is 3.87. The average Bonchev–Trinajstić information content (AvgIpc) is 1.93. The first kappa shape index (κ1) is 8.11. The van der Waals surface area contributed by atoms with Crippen molar-refractivity contribution in [2.75, 3.05) is 6.61 Å². The fourth-order valence-corrected chi connectivity index (χ4v) is 0.960. The van der Waals surface area contributed by atoms with Crippen molar-refractivity contribution < 1.29 is 14.3 Å². The molecule has 0 saturated heterocycles. The second-order valence-electron chi connectivity index (χ2n) is 2.67. The van der Waals surface area contributed by atoms with Gasteiger partial charge in [-0.3, -0.25) is 4.79 Å². The quantitative estimate of drug-likeness (QED) is 0.533. The van der Waals surface area contributed by atoms with Gasteiger partial charge in [-0.05, 0) is 6.08 Å². The van der Waals surface area contributed by atoms with Crippen LogP contribution in [0.25, 0.3) is 0 Å². The van der Waals surface area contributed by atoms with Crippen LogP contribution in [-0.4, -0.2) is 18.7 Å². The summed E-state index contributed by atoms with van der Waals surface area (Å²) in [5.41, 5.74) is 0. The van der Waals surface area contributed by atoms with Gasteiger partial charge in [0, 0.05) is 12.8 Å². The van der Waals surface area contributed by atoms with E-state index in [-0.39, 0.29) is 18.0 Å². The van der Waals surface area contributed by atoms with Crippen LogP contribution in [0.4, 0.5) is 0 Å². The van der Waals surface area contributed by atoms with E-state index < -0.39 is 0 Å². The molecule has 0 aromatic rings. The fourth-order valence-electron chi connectivity index (χ4n) is 0.960. The first-order valence-electron chi connectivity index (χ1n) is 3.65. The van der Waals surface area contributed by atoms with Gasteiger partial charge in [0.2, 0.25) is 0 Å². The molecule has 3 heteroatoms. The Bertz CT molecular complexity index is 174.